The molecule has 0 aliphatic rings. The summed E-state index contributed by atoms with van der Waals surface area (Å²) in [5, 5.41) is 11.8. The van der Waals surface area contributed by atoms with Gasteiger partial charge in [0.2, 0.25) is 5.91 Å². The SMILES string of the molecule is CCC(C)(NC(C)C(=O)N(C)C)C(=O)O. The number of nitrogens with zero attached hydrogens (tertiary/aromatic N) is 1. The molecule has 0 rings (SSSR count). The van der Waals surface area contributed by atoms with Gasteiger partial charge in [-0.25, -0.2) is 0 Å². The topological polar surface area (TPSA) is 69.6 Å². The highest BCUT2D eigenvalue weighted by molar-refractivity contribution is 5.83. The summed E-state index contributed by atoms with van der Waals surface area (Å²) in [5.74, 6) is -1.07. The number of carbonyl (C=O) groups excluding carboxylic acids is 1. The van der Waals surface area contributed by atoms with Crippen molar-refractivity contribution in [1.82, 2.24) is 10.2 Å². The average Bonchev–Trinajstić information content (AvgIpc) is 2.15. The maximum absolute atomic E-state index is 11.5. The Balaban J connectivity index is 4.57. The molecular weight excluding hydrogens is 196 g/mol. The lowest BCUT2D eigenvalue weighted by molar-refractivity contribution is -0.145. The molecule has 0 radical (unpaired) electrons. The van der Waals surface area contributed by atoms with Crippen molar-refractivity contribution in [3.63, 3.8) is 0 Å². The first-order valence-corrected chi connectivity index (χ1v) is 4.97. The van der Waals surface area contributed by atoms with Crippen molar-refractivity contribution in [2.45, 2.75) is 38.8 Å². The van der Waals surface area contributed by atoms with Crippen LogP contribution in [0.4, 0.5) is 0 Å². The highest BCUT2D eigenvalue weighted by Gasteiger charge is 2.34. The van der Waals surface area contributed by atoms with E-state index >= 15 is 0 Å². The highest BCUT2D eigenvalue weighted by Crippen LogP contribution is 2.10. The lowest BCUT2D eigenvalue weighted by atomic mass is 9.98. The van der Waals surface area contributed by atoms with Crippen LogP contribution in [0.15, 0.2) is 0 Å². The molecule has 1 amide bonds. The molecule has 0 aliphatic heterocycles. The molecule has 0 aromatic rings. The second-order valence-electron chi connectivity index (χ2n) is 4.09. The summed E-state index contributed by atoms with van der Waals surface area (Å²) >= 11 is 0. The van der Waals surface area contributed by atoms with Gasteiger partial charge in [0.25, 0.3) is 0 Å². The van der Waals surface area contributed by atoms with E-state index in [0.29, 0.717) is 6.42 Å². The molecule has 15 heavy (non-hydrogen) atoms. The fraction of sp³-hybridized carbons (Fsp3) is 0.800. The van der Waals surface area contributed by atoms with Crippen LogP contribution in [0, 0.1) is 0 Å². The predicted molar refractivity (Wildman–Crippen MR) is 57.6 cm³/mol. The van der Waals surface area contributed by atoms with Crippen molar-refractivity contribution in [1.29, 1.82) is 0 Å². The minimum atomic E-state index is -1.05. The van der Waals surface area contributed by atoms with Gasteiger partial charge in [-0.3, -0.25) is 14.9 Å². The third kappa shape index (κ3) is 3.51. The van der Waals surface area contributed by atoms with Gasteiger partial charge >= 0.3 is 5.97 Å². The van der Waals surface area contributed by atoms with Crippen molar-refractivity contribution in [2.75, 3.05) is 14.1 Å². The molecule has 2 N–H and O–H groups in total. The van der Waals surface area contributed by atoms with E-state index < -0.39 is 17.6 Å². The summed E-state index contributed by atoms with van der Waals surface area (Å²) in [5.41, 5.74) is -1.05. The summed E-state index contributed by atoms with van der Waals surface area (Å²) in [6, 6.07) is -0.499. The number of rotatable bonds is 5. The van der Waals surface area contributed by atoms with Gasteiger partial charge < -0.3 is 10.0 Å². The van der Waals surface area contributed by atoms with Crippen LogP contribution in [0.25, 0.3) is 0 Å². The Bertz CT molecular complexity index is 253. The van der Waals surface area contributed by atoms with Crippen LogP contribution in [0.2, 0.25) is 0 Å². The first-order valence-electron chi connectivity index (χ1n) is 4.97. The molecule has 0 aromatic heterocycles. The fourth-order valence-corrected chi connectivity index (χ4v) is 1.24. The number of carbonyl (C=O) groups is 2. The van der Waals surface area contributed by atoms with Crippen molar-refractivity contribution >= 4 is 11.9 Å². The van der Waals surface area contributed by atoms with Gasteiger partial charge in [-0.1, -0.05) is 6.92 Å². The van der Waals surface area contributed by atoms with Crippen LogP contribution >= 0.6 is 0 Å². The average molecular weight is 216 g/mol. The fourth-order valence-electron chi connectivity index (χ4n) is 1.24. The Labute approximate surface area is 90.5 Å². The Morgan fingerprint density at radius 1 is 1.47 bits per heavy atom. The summed E-state index contributed by atoms with van der Waals surface area (Å²) in [6.45, 7) is 5.02. The molecule has 0 saturated heterocycles. The van der Waals surface area contributed by atoms with Gasteiger partial charge in [-0.15, -0.1) is 0 Å². The molecule has 0 aromatic carbocycles. The van der Waals surface area contributed by atoms with Crippen LogP contribution in [0.5, 0.6) is 0 Å². The number of likely N-dealkylation sites (N-methyl/N-ethyl adjacent to an activating group) is 1. The molecule has 0 saturated carbocycles. The second-order valence-corrected chi connectivity index (χ2v) is 4.09. The molecule has 88 valence electrons. The number of carboxylic acids is 1. The largest absolute Gasteiger partial charge is 0.480 e. The highest BCUT2D eigenvalue weighted by atomic mass is 16.4. The second kappa shape index (κ2) is 5.11. The third-order valence-corrected chi connectivity index (χ3v) is 2.53. The van der Waals surface area contributed by atoms with E-state index in [0.717, 1.165) is 0 Å². The molecular formula is C10H20N2O3. The van der Waals surface area contributed by atoms with Crippen LogP contribution in [0.3, 0.4) is 0 Å². The van der Waals surface area contributed by atoms with Crippen molar-refractivity contribution in [2.24, 2.45) is 0 Å². The van der Waals surface area contributed by atoms with Gasteiger partial charge in [0.15, 0.2) is 0 Å². The summed E-state index contributed by atoms with van der Waals surface area (Å²) < 4.78 is 0. The minimum absolute atomic E-state index is 0.129. The van der Waals surface area contributed by atoms with E-state index in [-0.39, 0.29) is 5.91 Å². The summed E-state index contributed by atoms with van der Waals surface area (Å²) in [4.78, 5) is 24.0. The predicted octanol–water partition coefficient (Wildman–Crippen LogP) is 0.306. The normalized spacial score (nSPS) is 16.6. The molecule has 2 atom stereocenters. The van der Waals surface area contributed by atoms with Crippen molar-refractivity contribution in [3.05, 3.63) is 0 Å². The molecule has 0 aliphatic carbocycles. The molecule has 5 heteroatoms. The number of aliphatic carboxylic acids is 1. The van der Waals surface area contributed by atoms with E-state index in [9.17, 15) is 9.59 Å². The Morgan fingerprint density at radius 2 is 1.93 bits per heavy atom. The number of hydrogen-bond acceptors (Lipinski definition) is 3. The van der Waals surface area contributed by atoms with Gasteiger partial charge in [0.05, 0.1) is 6.04 Å². The minimum Gasteiger partial charge on any atom is -0.480 e. The number of carboxylic acid groups (broad SMARTS) is 1. The van der Waals surface area contributed by atoms with E-state index in [1.54, 1.807) is 34.9 Å². The Hall–Kier alpha value is -1.10. The van der Waals surface area contributed by atoms with Gasteiger partial charge in [-0.2, -0.15) is 0 Å². The maximum atomic E-state index is 11.5. The lowest BCUT2D eigenvalue weighted by Gasteiger charge is -2.29. The third-order valence-electron chi connectivity index (χ3n) is 2.53. The molecule has 0 heterocycles. The Kier molecular flexibility index (Phi) is 4.74. The van der Waals surface area contributed by atoms with E-state index in [2.05, 4.69) is 5.32 Å². The zero-order valence-electron chi connectivity index (χ0n) is 10.00. The van der Waals surface area contributed by atoms with Crippen LogP contribution in [0.1, 0.15) is 27.2 Å². The van der Waals surface area contributed by atoms with E-state index in [4.69, 9.17) is 5.11 Å². The smallest absolute Gasteiger partial charge is 0.323 e. The summed E-state index contributed by atoms with van der Waals surface area (Å²) in [6.07, 6.45) is 0.424. The lowest BCUT2D eigenvalue weighted by Crippen LogP contribution is -2.56. The van der Waals surface area contributed by atoms with E-state index in [1.165, 1.54) is 4.90 Å². The molecule has 0 spiro atoms. The molecule has 0 bridgehead atoms. The Morgan fingerprint density at radius 3 is 2.20 bits per heavy atom. The molecule has 0 fully saturated rings. The van der Waals surface area contributed by atoms with Crippen LogP contribution in [-0.4, -0.2) is 47.6 Å². The maximum Gasteiger partial charge on any atom is 0.323 e. The quantitative estimate of drug-likeness (QED) is 0.693. The zero-order chi connectivity index (χ0) is 12.2. The molecule has 2 unspecified atom stereocenters. The van der Waals surface area contributed by atoms with Gasteiger partial charge in [0.1, 0.15) is 5.54 Å². The van der Waals surface area contributed by atoms with Crippen molar-refractivity contribution in [3.8, 4) is 0 Å². The first kappa shape index (κ1) is 13.9. The summed E-state index contributed by atoms with van der Waals surface area (Å²) in [7, 11) is 3.29. The molecule has 5 nitrogen and oxygen atoms in total. The van der Waals surface area contributed by atoms with Crippen LogP contribution in [-0.2, 0) is 9.59 Å². The zero-order valence-corrected chi connectivity index (χ0v) is 10.00. The van der Waals surface area contributed by atoms with Gasteiger partial charge in [-0.05, 0) is 20.3 Å². The van der Waals surface area contributed by atoms with Gasteiger partial charge in [0, 0.05) is 14.1 Å². The van der Waals surface area contributed by atoms with Crippen LogP contribution < -0.4 is 5.32 Å². The standard InChI is InChI=1S/C10H20N2O3/c1-6-10(3,9(14)15)11-7(2)8(13)12(4)5/h7,11H,6H2,1-5H3,(H,14,15). The first-order chi connectivity index (χ1) is 6.74. The van der Waals surface area contributed by atoms with E-state index in [1.807, 2.05) is 0 Å². The van der Waals surface area contributed by atoms with Crippen molar-refractivity contribution < 1.29 is 14.7 Å². The monoisotopic (exact) mass is 216 g/mol. The number of hydrogen-bond donors (Lipinski definition) is 2. The number of amides is 1. The number of nitrogens with one attached hydrogen (secondary N) is 1.